The molecule has 6 heteroatoms. The van der Waals surface area contributed by atoms with Crippen LogP contribution < -0.4 is 5.73 Å². The minimum Gasteiger partial charge on any atom is -0.468 e. The van der Waals surface area contributed by atoms with E-state index in [4.69, 9.17) is 5.73 Å². The van der Waals surface area contributed by atoms with E-state index >= 15 is 0 Å². The molecule has 0 heterocycles. The van der Waals surface area contributed by atoms with Crippen LogP contribution in [-0.2, 0) is 9.53 Å². The molecular weight excluding hydrogens is 236 g/mol. The molecule has 0 atom stereocenters. The van der Waals surface area contributed by atoms with Crippen LogP contribution in [-0.4, -0.2) is 43.8 Å². The third kappa shape index (κ3) is 3.07. The first-order valence-corrected chi connectivity index (χ1v) is 5.16. The second-order valence-electron chi connectivity index (χ2n) is 3.70. The molecule has 0 spiro atoms. The highest BCUT2D eigenvalue weighted by molar-refractivity contribution is 6.03. The third-order valence-corrected chi connectivity index (χ3v) is 2.38. The number of likely N-dealkylation sites (N-methyl/N-ethyl adjacent to an activating group) is 1. The summed E-state index contributed by atoms with van der Waals surface area (Å²) in [5, 5.41) is 0. The Kier molecular flexibility index (Phi) is 4.42. The summed E-state index contributed by atoms with van der Waals surface area (Å²) in [6, 6.07) is 4.39. The predicted octanol–water partition coefficient (Wildman–Crippen LogP) is 0.326. The average molecular weight is 250 g/mol. The van der Waals surface area contributed by atoms with Gasteiger partial charge in [0.2, 0.25) is 0 Å². The Bertz CT molecular complexity index is 485. The first-order valence-electron chi connectivity index (χ1n) is 5.16. The van der Waals surface area contributed by atoms with Crippen LogP contribution in [0.25, 0.3) is 0 Å². The molecule has 2 N–H and O–H groups in total. The summed E-state index contributed by atoms with van der Waals surface area (Å²) in [7, 11) is 2.68. The number of esters is 1. The van der Waals surface area contributed by atoms with E-state index in [1.54, 1.807) is 0 Å². The second-order valence-corrected chi connectivity index (χ2v) is 3.70. The Labute approximate surface area is 104 Å². The number of nitrogens with zero attached hydrogens (tertiary/aromatic N) is 1. The van der Waals surface area contributed by atoms with Gasteiger partial charge in [0.05, 0.1) is 12.7 Å². The number of hydrogen-bond acceptors (Lipinski definition) is 5. The zero-order chi connectivity index (χ0) is 13.7. The number of methoxy groups -OCH3 is 1. The topological polar surface area (TPSA) is 89.7 Å². The summed E-state index contributed by atoms with van der Waals surface area (Å²) in [4.78, 5) is 35.1. The van der Waals surface area contributed by atoms with Crippen LogP contribution in [0.2, 0.25) is 0 Å². The van der Waals surface area contributed by atoms with E-state index in [9.17, 15) is 14.4 Å². The van der Waals surface area contributed by atoms with Crippen LogP contribution in [0.5, 0.6) is 0 Å². The number of nitrogens with two attached hydrogens (primary N) is 1. The van der Waals surface area contributed by atoms with E-state index in [1.165, 1.54) is 32.4 Å². The van der Waals surface area contributed by atoms with Crippen molar-refractivity contribution in [3.8, 4) is 0 Å². The number of nitrogen functional groups attached to an aromatic ring is 1. The van der Waals surface area contributed by atoms with Crippen molar-refractivity contribution in [2.75, 3.05) is 26.4 Å². The Hall–Kier alpha value is -2.37. The summed E-state index contributed by atoms with van der Waals surface area (Å²) in [5.74, 6) is -1.00. The van der Waals surface area contributed by atoms with Crippen molar-refractivity contribution in [2.45, 2.75) is 0 Å². The van der Waals surface area contributed by atoms with Crippen molar-refractivity contribution < 1.29 is 19.1 Å². The van der Waals surface area contributed by atoms with Crippen molar-refractivity contribution in [1.29, 1.82) is 0 Å². The molecule has 18 heavy (non-hydrogen) atoms. The summed E-state index contributed by atoms with van der Waals surface area (Å²) in [6.45, 7) is -0.192. The molecule has 0 unspecified atom stereocenters. The highest BCUT2D eigenvalue weighted by Crippen LogP contribution is 2.14. The first-order chi connectivity index (χ1) is 8.49. The van der Waals surface area contributed by atoms with Gasteiger partial charge in [-0.25, -0.2) is 0 Å². The van der Waals surface area contributed by atoms with E-state index in [1.807, 2.05) is 0 Å². The quantitative estimate of drug-likeness (QED) is 0.472. The fraction of sp³-hybridized carbons (Fsp3) is 0.250. The van der Waals surface area contributed by atoms with E-state index in [0.29, 0.717) is 12.0 Å². The van der Waals surface area contributed by atoms with Crippen LogP contribution in [0, 0.1) is 0 Å². The molecule has 1 rings (SSSR count). The lowest BCUT2D eigenvalue weighted by Gasteiger charge is -2.16. The summed E-state index contributed by atoms with van der Waals surface area (Å²) in [5.41, 5.74) is 6.33. The van der Waals surface area contributed by atoms with Gasteiger partial charge in [-0.1, -0.05) is 0 Å². The molecule has 0 bridgehead atoms. The summed E-state index contributed by atoms with van der Waals surface area (Å²) >= 11 is 0. The molecular formula is C12H14N2O4. The summed E-state index contributed by atoms with van der Waals surface area (Å²) < 4.78 is 4.46. The molecule has 0 radical (unpaired) electrons. The minimum atomic E-state index is -0.539. The van der Waals surface area contributed by atoms with Gasteiger partial charge in [-0.2, -0.15) is 0 Å². The third-order valence-electron chi connectivity index (χ3n) is 2.38. The fourth-order valence-corrected chi connectivity index (χ4v) is 1.40. The SMILES string of the molecule is COC(=O)CN(C)C(=O)c1cc(N)ccc1C=O. The van der Waals surface area contributed by atoms with E-state index in [-0.39, 0.29) is 17.7 Å². The van der Waals surface area contributed by atoms with Gasteiger partial charge >= 0.3 is 5.97 Å². The van der Waals surface area contributed by atoms with Crippen LogP contribution in [0.4, 0.5) is 5.69 Å². The van der Waals surface area contributed by atoms with Crippen LogP contribution in [0.15, 0.2) is 18.2 Å². The number of carbonyl (C=O) groups is 3. The number of aldehydes is 1. The zero-order valence-corrected chi connectivity index (χ0v) is 10.2. The lowest BCUT2D eigenvalue weighted by Crippen LogP contribution is -2.33. The largest absolute Gasteiger partial charge is 0.468 e. The van der Waals surface area contributed by atoms with Crippen molar-refractivity contribution in [1.82, 2.24) is 4.90 Å². The predicted molar refractivity (Wildman–Crippen MR) is 65.2 cm³/mol. The molecule has 0 saturated carbocycles. The van der Waals surface area contributed by atoms with E-state index in [0.717, 1.165) is 4.90 Å². The fourth-order valence-electron chi connectivity index (χ4n) is 1.40. The maximum Gasteiger partial charge on any atom is 0.325 e. The van der Waals surface area contributed by atoms with E-state index in [2.05, 4.69) is 4.74 Å². The molecule has 0 aromatic heterocycles. The average Bonchev–Trinajstić information content (AvgIpc) is 2.37. The number of ether oxygens (including phenoxy) is 1. The second kappa shape index (κ2) is 5.81. The molecule has 0 aliphatic carbocycles. The number of rotatable bonds is 4. The van der Waals surface area contributed by atoms with Crippen molar-refractivity contribution >= 4 is 23.9 Å². The van der Waals surface area contributed by atoms with Gasteiger partial charge in [-0.15, -0.1) is 0 Å². The van der Waals surface area contributed by atoms with Crippen LogP contribution in [0.1, 0.15) is 20.7 Å². The van der Waals surface area contributed by atoms with Crippen LogP contribution >= 0.6 is 0 Å². The Morgan fingerprint density at radius 1 is 1.44 bits per heavy atom. The highest BCUT2D eigenvalue weighted by Gasteiger charge is 2.18. The maximum atomic E-state index is 12.0. The first kappa shape index (κ1) is 13.7. The minimum absolute atomic E-state index is 0.163. The number of amides is 1. The molecule has 1 amide bonds. The maximum absolute atomic E-state index is 12.0. The molecule has 1 aromatic carbocycles. The standard InChI is InChI=1S/C12H14N2O4/c1-14(6-11(16)18-2)12(17)10-5-9(13)4-3-8(10)7-15/h3-5,7H,6,13H2,1-2H3. The zero-order valence-electron chi connectivity index (χ0n) is 10.2. The Morgan fingerprint density at radius 2 is 2.11 bits per heavy atom. The van der Waals surface area contributed by atoms with Crippen molar-refractivity contribution in [3.63, 3.8) is 0 Å². The smallest absolute Gasteiger partial charge is 0.325 e. The van der Waals surface area contributed by atoms with Gasteiger partial charge in [0.1, 0.15) is 6.54 Å². The monoisotopic (exact) mass is 250 g/mol. The van der Waals surface area contributed by atoms with Gasteiger partial charge in [-0.3, -0.25) is 14.4 Å². The van der Waals surface area contributed by atoms with E-state index < -0.39 is 11.9 Å². The van der Waals surface area contributed by atoms with Gasteiger partial charge in [0.25, 0.3) is 5.91 Å². The van der Waals surface area contributed by atoms with Crippen molar-refractivity contribution in [2.24, 2.45) is 0 Å². The van der Waals surface area contributed by atoms with Gasteiger partial charge < -0.3 is 15.4 Å². The van der Waals surface area contributed by atoms with Crippen molar-refractivity contribution in [3.05, 3.63) is 29.3 Å². The number of benzene rings is 1. The Balaban J connectivity index is 2.99. The molecule has 0 aliphatic rings. The molecule has 96 valence electrons. The van der Waals surface area contributed by atoms with Crippen LogP contribution in [0.3, 0.4) is 0 Å². The summed E-state index contributed by atoms with van der Waals surface area (Å²) in [6.07, 6.45) is 0.568. The Morgan fingerprint density at radius 3 is 2.67 bits per heavy atom. The van der Waals surface area contributed by atoms with Gasteiger partial charge in [0.15, 0.2) is 6.29 Å². The highest BCUT2D eigenvalue weighted by atomic mass is 16.5. The molecule has 1 aromatic rings. The lowest BCUT2D eigenvalue weighted by molar-refractivity contribution is -0.141. The number of hydrogen-bond donors (Lipinski definition) is 1. The number of carbonyl (C=O) groups excluding carboxylic acids is 3. The van der Waals surface area contributed by atoms with Gasteiger partial charge in [0, 0.05) is 18.3 Å². The van der Waals surface area contributed by atoms with Gasteiger partial charge in [-0.05, 0) is 18.2 Å². The number of anilines is 1. The molecule has 0 fully saturated rings. The molecule has 6 nitrogen and oxygen atoms in total. The molecule has 0 aliphatic heterocycles. The normalized spacial score (nSPS) is 9.67. The molecule has 0 saturated heterocycles. The lowest BCUT2D eigenvalue weighted by atomic mass is 10.1.